The molecule has 3 aromatic rings. The van der Waals surface area contributed by atoms with Gasteiger partial charge in [0.2, 0.25) is 0 Å². The number of rotatable bonds is 7. The fraction of sp³-hybridized carbons (Fsp3) is 0.111. The van der Waals surface area contributed by atoms with Crippen molar-refractivity contribution in [2.75, 3.05) is 6.26 Å². The molecule has 12 heteroatoms. The first-order valence-electron chi connectivity index (χ1n) is 8.13. The van der Waals surface area contributed by atoms with Gasteiger partial charge in [-0.1, -0.05) is 47.1 Å². The second-order valence-corrected chi connectivity index (χ2v) is 11.3. The van der Waals surface area contributed by atoms with Crippen LogP contribution in [-0.4, -0.2) is 30.4 Å². The van der Waals surface area contributed by atoms with Gasteiger partial charge < -0.3 is 0 Å². The molecule has 2 heterocycles. The third-order valence-corrected chi connectivity index (χ3v) is 8.30. The van der Waals surface area contributed by atoms with E-state index in [0.717, 1.165) is 29.4 Å². The summed E-state index contributed by atoms with van der Waals surface area (Å²) in [5.41, 5.74) is 0.377. The molecule has 0 aliphatic heterocycles. The van der Waals surface area contributed by atoms with Gasteiger partial charge in [-0.15, -0.1) is 11.3 Å². The van der Waals surface area contributed by atoms with Crippen LogP contribution in [0.1, 0.15) is 15.2 Å². The predicted molar refractivity (Wildman–Crippen MR) is 117 cm³/mol. The molecule has 0 aliphatic carbocycles. The van der Waals surface area contributed by atoms with Gasteiger partial charge in [0.15, 0.2) is 15.6 Å². The zero-order chi connectivity index (χ0) is 22.1. The number of nitro groups is 1. The molecule has 0 bridgehead atoms. The number of halogens is 2. The Bertz CT molecular complexity index is 1220. The highest BCUT2D eigenvalue weighted by Gasteiger charge is 2.25. The van der Waals surface area contributed by atoms with Crippen molar-refractivity contribution in [2.45, 2.75) is 20.4 Å². The maximum Gasteiger partial charge on any atom is 0.294 e. The van der Waals surface area contributed by atoms with E-state index in [9.17, 15) is 23.3 Å². The Morgan fingerprint density at radius 3 is 2.33 bits per heavy atom. The van der Waals surface area contributed by atoms with E-state index in [2.05, 4.69) is 4.98 Å². The summed E-state index contributed by atoms with van der Waals surface area (Å²) in [5, 5.41) is 11.9. The Hall–Kier alpha value is -1.98. The molecule has 0 spiro atoms. The lowest BCUT2D eigenvalue weighted by molar-refractivity contribution is -0.387. The van der Waals surface area contributed by atoms with Gasteiger partial charge in [0.25, 0.3) is 5.69 Å². The Balaban J connectivity index is 1.87. The zero-order valence-electron chi connectivity index (χ0n) is 15.2. The average Bonchev–Trinajstić information content (AvgIpc) is 3.09. The number of carbonyl (C=O) groups is 1. The van der Waals surface area contributed by atoms with E-state index in [1.54, 1.807) is 12.1 Å². The first-order chi connectivity index (χ1) is 14.1. The van der Waals surface area contributed by atoms with E-state index in [1.165, 1.54) is 30.6 Å². The number of aromatic nitrogens is 1. The fourth-order valence-corrected chi connectivity index (χ4v) is 5.85. The molecule has 2 aromatic heterocycles. The van der Waals surface area contributed by atoms with Gasteiger partial charge in [-0.05, 0) is 17.7 Å². The molecule has 0 atom stereocenters. The molecule has 156 valence electrons. The topological polar surface area (TPSA) is 107 Å². The van der Waals surface area contributed by atoms with Gasteiger partial charge in [-0.2, -0.15) is 0 Å². The molecule has 0 saturated carbocycles. The number of hydrogen-bond donors (Lipinski definition) is 0. The van der Waals surface area contributed by atoms with Gasteiger partial charge in [0.05, 0.1) is 29.6 Å². The van der Waals surface area contributed by atoms with Crippen molar-refractivity contribution >= 4 is 67.6 Å². The first kappa shape index (κ1) is 22.7. The van der Waals surface area contributed by atoms with E-state index in [4.69, 9.17) is 23.2 Å². The first-order valence-corrected chi connectivity index (χ1v) is 12.4. The molecule has 3 rings (SSSR count). The minimum Gasteiger partial charge on any atom is -0.293 e. The van der Waals surface area contributed by atoms with Crippen molar-refractivity contribution in [2.24, 2.45) is 0 Å². The number of hydrogen-bond acceptors (Lipinski definition) is 8. The van der Waals surface area contributed by atoms with Crippen LogP contribution in [0.4, 0.5) is 5.69 Å². The van der Waals surface area contributed by atoms with Crippen LogP contribution in [0.5, 0.6) is 0 Å². The van der Waals surface area contributed by atoms with Crippen molar-refractivity contribution in [3.8, 4) is 0 Å². The molecular weight excluding hydrogens is 491 g/mol. The molecule has 0 unspecified atom stereocenters. The van der Waals surface area contributed by atoms with E-state index < -0.39 is 14.8 Å². The number of Topliss-reactive ketones (excluding diaryl/α,β-unsaturated/α-hetero) is 1. The van der Waals surface area contributed by atoms with Crippen molar-refractivity contribution in [3.63, 3.8) is 0 Å². The van der Waals surface area contributed by atoms with Crippen LogP contribution in [0, 0.1) is 10.1 Å². The third kappa shape index (κ3) is 5.19. The SMILES string of the molecule is CS(=O)(=O)c1ccc(CC(=O)c2cc([N+](=O)[O-])c(Sc3c(Cl)cncc3Cl)s2)cc1. The van der Waals surface area contributed by atoms with Crippen LogP contribution in [-0.2, 0) is 16.3 Å². The van der Waals surface area contributed by atoms with Crippen molar-refractivity contribution < 1.29 is 18.1 Å². The summed E-state index contributed by atoms with van der Waals surface area (Å²) in [4.78, 5) is 28.2. The molecule has 0 amide bonds. The monoisotopic (exact) mass is 502 g/mol. The third-order valence-electron chi connectivity index (χ3n) is 3.87. The highest BCUT2D eigenvalue weighted by atomic mass is 35.5. The zero-order valence-corrected chi connectivity index (χ0v) is 19.1. The summed E-state index contributed by atoms with van der Waals surface area (Å²) >= 11 is 14.2. The van der Waals surface area contributed by atoms with Crippen LogP contribution >= 0.6 is 46.3 Å². The van der Waals surface area contributed by atoms with Gasteiger partial charge >= 0.3 is 0 Å². The second kappa shape index (κ2) is 9.03. The van der Waals surface area contributed by atoms with Crippen molar-refractivity contribution in [1.82, 2.24) is 4.98 Å². The van der Waals surface area contributed by atoms with Crippen LogP contribution in [0.25, 0.3) is 0 Å². The summed E-state index contributed by atoms with van der Waals surface area (Å²) in [7, 11) is -3.34. The van der Waals surface area contributed by atoms with E-state index >= 15 is 0 Å². The van der Waals surface area contributed by atoms with Crippen LogP contribution in [0.3, 0.4) is 0 Å². The van der Waals surface area contributed by atoms with Gasteiger partial charge in [-0.3, -0.25) is 19.9 Å². The maximum absolute atomic E-state index is 12.7. The lowest BCUT2D eigenvalue weighted by Crippen LogP contribution is -2.02. The summed E-state index contributed by atoms with van der Waals surface area (Å²) in [6, 6.07) is 7.15. The minimum absolute atomic E-state index is 0.0252. The average molecular weight is 503 g/mol. The van der Waals surface area contributed by atoms with E-state index in [0.29, 0.717) is 10.5 Å². The van der Waals surface area contributed by atoms with Crippen molar-refractivity contribution in [3.05, 3.63) is 73.3 Å². The molecule has 0 radical (unpaired) electrons. The fourth-order valence-electron chi connectivity index (χ4n) is 2.42. The number of thiophene rings is 1. The smallest absolute Gasteiger partial charge is 0.293 e. The highest BCUT2D eigenvalue weighted by Crippen LogP contribution is 2.45. The molecule has 0 saturated heterocycles. The Labute approximate surface area is 190 Å². The Kier molecular flexibility index (Phi) is 6.83. The Morgan fingerprint density at radius 1 is 1.20 bits per heavy atom. The van der Waals surface area contributed by atoms with E-state index in [-0.39, 0.29) is 41.9 Å². The number of nitrogens with zero attached hydrogens (tertiary/aromatic N) is 2. The van der Waals surface area contributed by atoms with Crippen LogP contribution in [0.2, 0.25) is 10.0 Å². The second-order valence-electron chi connectivity index (χ2n) is 6.09. The summed E-state index contributed by atoms with van der Waals surface area (Å²) in [6.07, 6.45) is 3.82. The normalized spacial score (nSPS) is 11.4. The highest BCUT2D eigenvalue weighted by molar-refractivity contribution is 8.01. The minimum atomic E-state index is -3.34. The Morgan fingerprint density at radius 2 is 1.80 bits per heavy atom. The molecule has 0 fully saturated rings. The largest absolute Gasteiger partial charge is 0.294 e. The summed E-state index contributed by atoms with van der Waals surface area (Å²) < 4.78 is 23.3. The molecular formula is C18H12Cl2N2O5S3. The lowest BCUT2D eigenvalue weighted by atomic mass is 10.1. The summed E-state index contributed by atoms with van der Waals surface area (Å²) in [5.74, 6) is -0.325. The number of sulfone groups is 1. The van der Waals surface area contributed by atoms with E-state index in [1.807, 2.05) is 0 Å². The number of carbonyl (C=O) groups excluding carboxylic acids is 1. The predicted octanol–water partition coefficient (Wildman–Crippen LogP) is 5.34. The van der Waals surface area contributed by atoms with Gasteiger partial charge in [0.1, 0.15) is 4.21 Å². The standard InChI is InChI=1S/C18H12Cl2N2O5S3/c1-30(26,27)11-4-2-10(3-5-11)6-15(23)16-7-14(22(24)25)18(28-16)29-17-12(19)8-21-9-13(17)20/h2-5,7-9H,6H2,1H3. The quantitative estimate of drug-likeness (QED) is 0.243. The molecule has 30 heavy (non-hydrogen) atoms. The molecule has 1 aromatic carbocycles. The van der Waals surface area contributed by atoms with Gasteiger partial charge in [0, 0.05) is 31.1 Å². The number of benzene rings is 1. The number of pyridine rings is 1. The molecule has 0 N–H and O–H groups in total. The lowest BCUT2D eigenvalue weighted by Gasteiger charge is -2.03. The summed E-state index contributed by atoms with van der Waals surface area (Å²) in [6.45, 7) is 0. The van der Waals surface area contributed by atoms with Crippen molar-refractivity contribution in [1.29, 1.82) is 0 Å². The maximum atomic E-state index is 12.7. The molecule has 0 aliphatic rings. The molecule has 7 nitrogen and oxygen atoms in total. The van der Waals surface area contributed by atoms with Crippen LogP contribution < -0.4 is 0 Å². The number of ketones is 1. The van der Waals surface area contributed by atoms with Gasteiger partial charge in [-0.25, -0.2) is 8.42 Å². The van der Waals surface area contributed by atoms with Crippen LogP contribution in [0.15, 0.2) is 56.7 Å².